The summed E-state index contributed by atoms with van der Waals surface area (Å²) in [4.78, 5) is 0. The third-order valence-electron chi connectivity index (χ3n) is 3.05. The van der Waals surface area contributed by atoms with Gasteiger partial charge in [0.05, 0.1) is 6.10 Å². The van der Waals surface area contributed by atoms with Crippen LogP contribution < -0.4 is 10.1 Å². The molecule has 1 unspecified atom stereocenters. The zero-order valence-electron chi connectivity index (χ0n) is 10.3. The van der Waals surface area contributed by atoms with Crippen LogP contribution in [0.2, 0.25) is 0 Å². The van der Waals surface area contributed by atoms with E-state index < -0.39 is 0 Å². The van der Waals surface area contributed by atoms with E-state index in [4.69, 9.17) is 10.00 Å². The molecule has 0 aromatic heterocycles. The zero-order valence-corrected chi connectivity index (χ0v) is 10.3. The van der Waals surface area contributed by atoms with Crippen molar-refractivity contribution in [2.75, 3.05) is 13.2 Å². The molecule has 96 valence electrons. The first kappa shape index (κ1) is 12.9. The first-order chi connectivity index (χ1) is 8.79. The lowest BCUT2D eigenvalue weighted by Crippen LogP contribution is -2.27. The number of hydrogen-bond donors (Lipinski definition) is 2. The fourth-order valence-electron chi connectivity index (χ4n) is 1.87. The van der Waals surface area contributed by atoms with E-state index in [9.17, 15) is 5.11 Å². The molecule has 2 rings (SSSR count). The maximum atomic E-state index is 9.71. The van der Waals surface area contributed by atoms with E-state index in [0.717, 1.165) is 18.4 Å². The van der Waals surface area contributed by atoms with Gasteiger partial charge in [-0.15, -0.1) is 0 Å². The second-order valence-corrected chi connectivity index (χ2v) is 4.63. The topological polar surface area (TPSA) is 65.3 Å². The Kier molecular flexibility index (Phi) is 4.57. The first-order valence-corrected chi connectivity index (χ1v) is 6.27. The summed E-state index contributed by atoms with van der Waals surface area (Å²) in [6.45, 7) is 1.40. The molecule has 1 aromatic carbocycles. The number of hydrogen-bond acceptors (Lipinski definition) is 4. The van der Waals surface area contributed by atoms with Gasteiger partial charge in [0.2, 0.25) is 0 Å². The van der Waals surface area contributed by atoms with Crippen molar-refractivity contribution in [3.8, 4) is 11.8 Å². The maximum absolute atomic E-state index is 9.71. The smallest absolute Gasteiger partial charge is 0.174 e. The number of aliphatic hydroxyl groups is 1. The Morgan fingerprint density at radius 3 is 3.06 bits per heavy atom. The summed E-state index contributed by atoms with van der Waals surface area (Å²) in [5, 5.41) is 21.4. The number of aliphatic hydroxyl groups excluding tert-OH is 1. The molecule has 1 aliphatic carbocycles. The Morgan fingerprint density at radius 1 is 1.50 bits per heavy atom. The summed E-state index contributed by atoms with van der Waals surface area (Å²) in [7, 11) is 0. The lowest BCUT2D eigenvalue weighted by atomic mass is 10.2. The third-order valence-corrected chi connectivity index (χ3v) is 3.05. The van der Waals surface area contributed by atoms with E-state index in [1.807, 2.05) is 30.3 Å². The van der Waals surface area contributed by atoms with Crippen molar-refractivity contribution in [3.63, 3.8) is 0 Å². The molecule has 0 radical (unpaired) electrons. The fourth-order valence-corrected chi connectivity index (χ4v) is 1.87. The molecule has 0 saturated heterocycles. The van der Waals surface area contributed by atoms with Gasteiger partial charge in [0.15, 0.2) is 6.61 Å². The standard InChI is InChI=1S/C14H18N2O2/c15-6-7-18-13-3-1-2-11(8-13)9-16-10-14(17)12-4-5-12/h1-3,8,12,14,16-17H,4-5,7,9-10H2. The Hall–Kier alpha value is -1.57. The van der Waals surface area contributed by atoms with Gasteiger partial charge in [-0.2, -0.15) is 5.26 Å². The summed E-state index contributed by atoms with van der Waals surface area (Å²) in [6, 6.07) is 9.59. The highest BCUT2D eigenvalue weighted by Gasteiger charge is 2.28. The summed E-state index contributed by atoms with van der Waals surface area (Å²) >= 11 is 0. The van der Waals surface area contributed by atoms with Crippen LogP contribution in [0, 0.1) is 17.2 Å². The van der Waals surface area contributed by atoms with Gasteiger partial charge in [0.25, 0.3) is 0 Å². The molecular formula is C14H18N2O2. The van der Waals surface area contributed by atoms with Gasteiger partial charge in [-0.25, -0.2) is 0 Å². The van der Waals surface area contributed by atoms with Crippen molar-refractivity contribution in [2.45, 2.75) is 25.5 Å². The van der Waals surface area contributed by atoms with Gasteiger partial charge in [-0.3, -0.25) is 0 Å². The lowest BCUT2D eigenvalue weighted by Gasteiger charge is -2.11. The van der Waals surface area contributed by atoms with Crippen LogP contribution in [0.3, 0.4) is 0 Å². The van der Waals surface area contributed by atoms with Gasteiger partial charge in [0, 0.05) is 13.1 Å². The largest absolute Gasteiger partial charge is 0.479 e. The Balaban J connectivity index is 1.76. The van der Waals surface area contributed by atoms with Crippen LogP contribution in [-0.4, -0.2) is 24.4 Å². The Morgan fingerprint density at radius 2 is 2.33 bits per heavy atom. The molecule has 0 aliphatic heterocycles. The van der Waals surface area contributed by atoms with Crippen molar-refractivity contribution in [1.29, 1.82) is 5.26 Å². The van der Waals surface area contributed by atoms with E-state index in [2.05, 4.69) is 5.32 Å². The number of nitrogens with zero attached hydrogens (tertiary/aromatic N) is 1. The van der Waals surface area contributed by atoms with Crippen molar-refractivity contribution in [2.24, 2.45) is 5.92 Å². The number of ether oxygens (including phenoxy) is 1. The SMILES string of the molecule is N#CCOc1cccc(CNCC(O)C2CC2)c1. The van der Waals surface area contributed by atoms with Crippen molar-refractivity contribution < 1.29 is 9.84 Å². The van der Waals surface area contributed by atoms with Gasteiger partial charge in [-0.05, 0) is 36.5 Å². The third kappa shape index (κ3) is 4.02. The highest BCUT2D eigenvalue weighted by atomic mass is 16.5. The highest BCUT2D eigenvalue weighted by molar-refractivity contribution is 5.28. The summed E-state index contributed by atoms with van der Waals surface area (Å²) in [6.07, 6.45) is 2.09. The molecule has 0 spiro atoms. The van der Waals surface area contributed by atoms with E-state index in [1.54, 1.807) is 0 Å². The van der Waals surface area contributed by atoms with Gasteiger partial charge < -0.3 is 15.2 Å². The molecule has 1 aromatic rings. The number of nitriles is 1. The average Bonchev–Trinajstić information content (AvgIpc) is 3.21. The van der Waals surface area contributed by atoms with Crippen molar-refractivity contribution in [1.82, 2.24) is 5.32 Å². The molecule has 1 fully saturated rings. The summed E-state index contributed by atoms with van der Waals surface area (Å²) < 4.78 is 5.23. The van der Waals surface area contributed by atoms with Gasteiger partial charge in [0.1, 0.15) is 11.8 Å². The zero-order chi connectivity index (χ0) is 12.8. The molecule has 0 heterocycles. The van der Waals surface area contributed by atoms with Gasteiger partial charge in [-0.1, -0.05) is 12.1 Å². The van der Waals surface area contributed by atoms with Crippen LogP contribution in [0.4, 0.5) is 0 Å². The molecule has 4 heteroatoms. The Bertz CT molecular complexity index is 424. The number of rotatable bonds is 7. The molecule has 1 atom stereocenters. The quantitative estimate of drug-likeness (QED) is 0.764. The predicted octanol–water partition coefficient (Wildman–Crippen LogP) is 1.45. The summed E-state index contributed by atoms with van der Waals surface area (Å²) in [5.41, 5.74) is 1.09. The second-order valence-electron chi connectivity index (χ2n) is 4.63. The minimum atomic E-state index is -0.219. The maximum Gasteiger partial charge on any atom is 0.174 e. The normalized spacial score (nSPS) is 16.0. The molecular weight excluding hydrogens is 228 g/mol. The van der Waals surface area contributed by atoms with E-state index in [0.29, 0.717) is 24.8 Å². The number of nitrogens with one attached hydrogen (secondary N) is 1. The highest BCUT2D eigenvalue weighted by Crippen LogP contribution is 2.32. The van der Waals surface area contributed by atoms with Crippen molar-refractivity contribution >= 4 is 0 Å². The fraction of sp³-hybridized carbons (Fsp3) is 0.500. The van der Waals surface area contributed by atoms with E-state index in [1.165, 1.54) is 0 Å². The first-order valence-electron chi connectivity index (χ1n) is 6.27. The van der Waals surface area contributed by atoms with Gasteiger partial charge >= 0.3 is 0 Å². The predicted molar refractivity (Wildman–Crippen MR) is 68.0 cm³/mol. The average molecular weight is 246 g/mol. The van der Waals surface area contributed by atoms with Crippen LogP contribution in [-0.2, 0) is 6.54 Å². The molecule has 4 nitrogen and oxygen atoms in total. The van der Waals surface area contributed by atoms with E-state index in [-0.39, 0.29) is 12.7 Å². The molecule has 1 saturated carbocycles. The summed E-state index contributed by atoms with van der Waals surface area (Å²) in [5.74, 6) is 1.21. The lowest BCUT2D eigenvalue weighted by molar-refractivity contribution is 0.148. The minimum Gasteiger partial charge on any atom is -0.479 e. The van der Waals surface area contributed by atoms with Crippen LogP contribution in [0.5, 0.6) is 5.75 Å². The monoisotopic (exact) mass is 246 g/mol. The van der Waals surface area contributed by atoms with E-state index >= 15 is 0 Å². The van der Waals surface area contributed by atoms with Crippen LogP contribution in [0.1, 0.15) is 18.4 Å². The number of benzene rings is 1. The minimum absolute atomic E-state index is 0.0667. The van der Waals surface area contributed by atoms with Crippen LogP contribution in [0.15, 0.2) is 24.3 Å². The van der Waals surface area contributed by atoms with Crippen molar-refractivity contribution in [3.05, 3.63) is 29.8 Å². The molecule has 0 amide bonds. The Labute approximate surface area is 107 Å². The molecule has 2 N–H and O–H groups in total. The van der Waals surface area contributed by atoms with Crippen LogP contribution in [0.25, 0.3) is 0 Å². The molecule has 1 aliphatic rings. The molecule has 18 heavy (non-hydrogen) atoms. The second kappa shape index (κ2) is 6.39. The van der Waals surface area contributed by atoms with Crippen LogP contribution >= 0.6 is 0 Å². The molecule has 0 bridgehead atoms.